The highest BCUT2D eigenvalue weighted by atomic mass is 16.5. The first-order valence-electron chi connectivity index (χ1n) is 6.19. The molecule has 90 valence electrons. The summed E-state index contributed by atoms with van der Waals surface area (Å²) in [6.45, 7) is 9.71. The van der Waals surface area contributed by atoms with Crippen LogP contribution in [0.5, 0.6) is 0 Å². The lowest BCUT2D eigenvalue weighted by molar-refractivity contribution is 0.00979. The van der Waals surface area contributed by atoms with E-state index >= 15 is 0 Å². The average molecular weight is 214 g/mol. The molecule has 1 N–H and O–H groups in total. The molecule has 0 aromatic heterocycles. The van der Waals surface area contributed by atoms with Gasteiger partial charge >= 0.3 is 0 Å². The van der Waals surface area contributed by atoms with E-state index in [9.17, 15) is 0 Å². The number of nitrogens with one attached hydrogen (secondary N) is 1. The predicted octanol–water partition coefficient (Wildman–Crippen LogP) is 1.34. The summed E-state index contributed by atoms with van der Waals surface area (Å²) in [5, 5.41) is 3.36. The highest BCUT2D eigenvalue weighted by molar-refractivity contribution is 4.70. The third kappa shape index (κ3) is 6.13. The molecular formula is C12H26N2O. The van der Waals surface area contributed by atoms with E-state index in [0.29, 0.717) is 6.10 Å². The number of nitrogens with zero attached hydrogens (tertiary/aromatic N) is 1. The van der Waals surface area contributed by atoms with Gasteiger partial charge in [0.15, 0.2) is 0 Å². The Morgan fingerprint density at radius 3 is 2.87 bits per heavy atom. The minimum atomic E-state index is 0.391. The summed E-state index contributed by atoms with van der Waals surface area (Å²) in [4.78, 5) is 2.39. The zero-order valence-corrected chi connectivity index (χ0v) is 10.5. The lowest BCUT2D eigenvalue weighted by Crippen LogP contribution is -2.44. The Kier molecular flexibility index (Phi) is 6.22. The van der Waals surface area contributed by atoms with Crippen molar-refractivity contribution in [1.29, 1.82) is 0 Å². The van der Waals surface area contributed by atoms with Crippen molar-refractivity contribution in [2.75, 3.05) is 39.8 Å². The van der Waals surface area contributed by atoms with Gasteiger partial charge in [-0.1, -0.05) is 13.8 Å². The standard InChI is InChI=1S/C12H26N2O/c1-11(2)5-4-7-14(3)10-12-9-13-6-8-15-12/h11-13H,4-10H2,1-3H3. The SMILES string of the molecule is CC(C)CCCN(C)CC1CNCCO1. The molecule has 1 fully saturated rings. The number of hydrogen-bond acceptors (Lipinski definition) is 3. The van der Waals surface area contributed by atoms with Crippen molar-refractivity contribution >= 4 is 0 Å². The quantitative estimate of drug-likeness (QED) is 0.722. The average Bonchev–Trinajstić information content (AvgIpc) is 2.18. The maximum absolute atomic E-state index is 5.67. The molecule has 3 heteroatoms. The molecule has 15 heavy (non-hydrogen) atoms. The van der Waals surface area contributed by atoms with E-state index in [1.807, 2.05) is 0 Å². The van der Waals surface area contributed by atoms with Gasteiger partial charge in [-0.15, -0.1) is 0 Å². The van der Waals surface area contributed by atoms with E-state index in [1.165, 1.54) is 19.4 Å². The molecule has 0 aliphatic carbocycles. The topological polar surface area (TPSA) is 24.5 Å². The van der Waals surface area contributed by atoms with Crippen molar-refractivity contribution in [1.82, 2.24) is 10.2 Å². The molecule has 0 aromatic carbocycles. The van der Waals surface area contributed by atoms with Crippen molar-refractivity contribution in [3.63, 3.8) is 0 Å². The summed E-state index contributed by atoms with van der Waals surface area (Å²) >= 11 is 0. The summed E-state index contributed by atoms with van der Waals surface area (Å²) in [5.74, 6) is 0.825. The molecule has 0 spiro atoms. The summed E-state index contributed by atoms with van der Waals surface area (Å²) in [5.41, 5.74) is 0. The molecule has 0 bridgehead atoms. The van der Waals surface area contributed by atoms with Crippen LogP contribution >= 0.6 is 0 Å². The Morgan fingerprint density at radius 1 is 1.47 bits per heavy atom. The fourth-order valence-corrected chi connectivity index (χ4v) is 1.95. The number of rotatable bonds is 6. The summed E-state index contributed by atoms with van der Waals surface area (Å²) < 4.78 is 5.67. The van der Waals surface area contributed by atoms with Crippen LogP contribution in [0, 0.1) is 5.92 Å². The zero-order chi connectivity index (χ0) is 11.1. The van der Waals surface area contributed by atoms with E-state index in [1.54, 1.807) is 0 Å². The molecule has 1 aliphatic heterocycles. The molecule has 3 nitrogen and oxygen atoms in total. The molecule has 1 aliphatic rings. The van der Waals surface area contributed by atoms with Crippen LogP contribution in [-0.2, 0) is 4.74 Å². The fourth-order valence-electron chi connectivity index (χ4n) is 1.95. The van der Waals surface area contributed by atoms with Gasteiger partial charge in [0.1, 0.15) is 0 Å². The van der Waals surface area contributed by atoms with Crippen molar-refractivity contribution in [3.05, 3.63) is 0 Å². The van der Waals surface area contributed by atoms with Crippen LogP contribution in [0.3, 0.4) is 0 Å². The van der Waals surface area contributed by atoms with Crippen LogP contribution < -0.4 is 5.32 Å². The summed E-state index contributed by atoms with van der Waals surface area (Å²) in [7, 11) is 2.19. The van der Waals surface area contributed by atoms with E-state index < -0.39 is 0 Å². The highest BCUT2D eigenvalue weighted by Gasteiger charge is 2.14. The van der Waals surface area contributed by atoms with E-state index in [-0.39, 0.29) is 0 Å². The van der Waals surface area contributed by atoms with Crippen LogP contribution in [0.4, 0.5) is 0 Å². The van der Waals surface area contributed by atoms with Gasteiger partial charge < -0.3 is 15.0 Å². The van der Waals surface area contributed by atoms with Crippen molar-refractivity contribution < 1.29 is 4.74 Å². The second-order valence-corrected chi connectivity index (χ2v) is 5.00. The number of morpholine rings is 1. The van der Waals surface area contributed by atoms with Gasteiger partial charge in [0, 0.05) is 19.6 Å². The highest BCUT2D eigenvalue weighted by Crippen LogP contribution is 2.05. The third-order valence-electron chi connectivity index (χ3n) is 2.84. The summed E-state index contributed by atoms with van der Waals surface area (Å²) in [6.07, 6.45) is 3.02. The Bertz CT molecular complexity index is 156. The third-order valence-corrected chi connectivity index (χ3v) is 2.84. The predicted molar refractivity (Wildman–Crippen MR) is 64.2 cm³/mol. The van der Waals surface area contributed by atoms with Crippen molar-refractivity contribution in [2.45, 2.75) is 32.8 Å². The van der Waals surface area contributed by atoms with E-state index in [4.69, 9.17) is 4.74 Å². The fraction of sp³-hybridized carbons (Fsp3) is 1.00. The first-order chi connectivity index (χ1) is 7.18. The maximum Gasteiger partial charge on any atom is 0.0826 e. The first-order valence-corrected chi connectivity index (χ1v) is 6.19. The van der Waals surface area contributed by atoms with Gasteiger partial charge in [0.25, 0.3) is 0 Å². The van der Waals surface area contributed by atoms with Crippen LogP contribution in [0.25, 0.3) is 0 Å². The van der Waals surface area contributed by atoms with Gasteiger partial charge in [0.05, 0.1) is 12.7 Å². The smallest absolute Gasteiger partial charge is 0.0826 e. The van der Waals surface area contributed by atoms with Gasteiger partial charge in [-0.25, -0.2) is 0 Å². The maximum atomic E-state index is 5.67. The Balaban J connectivity index is 2.03. The van der Waals surface area contributed by atoms with Gasteiger partial charge in [-0.05, 0) is 32.4 Å². The molecule has 0 aromatic rings. The minimum Gasteiger partial charge on any atom is -0.374 e. The second kappa shape index (κ2) is 7.20. The van der Waals surface area contributed by atoms with Gasteiger partial charge in [0.2, 0.25) is 0 Å². The molecule has 0 saturated carbocycles. The molecule has 1 atom stereocenters. The minimum absolute atomic E-state index is 0.391. The Hall–Kier alpha value is -0.120. The monoisotopic (exact) mass is 214 g/mol. The van der Waals surface area contributed by atoms with Crippen molar-refractivity contribution in [2.24, 2.45) is 5.92 Å². The van der Waals surface area contributed by atoms with E-state index in [2.05, 4.69) is 31.1 Å². The largest absolute Gasteiger partial charge is 0.374 e. The van der Waals surface area contributed by atoms with E-state index in [0.717, 1.165) is 32.2 Å². The van der Waals surface area contributed by atoms with Crippen LogP contribution in [0.15, 0.2) is 0 Å². The molecule has 1 heterocycles. The van der Waals surface area contributed by atoms with Crippen LogP contribution in [0.2, 0.25) is 0 Å². The van der Waals surface area contributed by atoms with Gasteiger partial charge in [-0.2, -0.15) is 0 Å². The number of likely N-dealkylation sites (N-methyl/N-ethyl adjacent to an activating group) is 1. The lowest BCUT2D eigenvalue weighted by Gasteiger charge is -2.28. The first kappa shape index (κ1) is 12.9. The number of hydrogen-bond donors (Lipinski definition) is 1. The molecule has 0 radical (unpaired) electrons. The molecule has 1 rings (SSSR count). The van der Waals surface area contributed by atoms with Crippen LogP contribution in [-0.4, -0.2) is 50.8 Å². The number of ether oxygens (including phenoxy) is 1. The Labute approximate surface area is 94.2 Å². The molecule has 1 unspecified atom stereocenters. The van der Waals surface area contributed by atoms with Crippen LogP contribution in [0.1, 0.15) is 26.7 Å². The zero-order valence-electron chi connectivity index (χ0n) is 10.5. The molecule has 0 amide bonds. The lowest BCUT2D eigenvalue weighted by atomic mass is 10.1. The second-order valence-electron chi connectivity index (χ2n) is 5.00. The Morgan fingerprint density at radius 2 is 2.27 bits per heavy atom. The molecular weight excluding hydrogens is 188 g/mol. The normalized spacial score (nSPS) is 22.6. The van der Waals surface area contributed by atoms with Gasteiger partial charge in [-0.3, -0.25) is 0 Å². The molecule has 1 saturated heterocycles. The van der Waals surface area contributed by atoms with Crippen molar-refractivity contribution in [3.8, 4) is 0 Å². The summed E-state index contributed by atoms with van der Waals surface area (Å²) in [6, 6.07) is 0.